The number of aliphatic carboxylic acids is 1. The first-order valence-electron chi connectivity index (χ1n) is 5.68. The Morgan fingerprint density at radius 2 is 2.24 bits per heavy atom. The zero-order valence-corrected chi connectivity index (χ0v) is 10.3. The Balaban J connectivity index is 2.38. The summed E-state index contributed by atoms with van der Waals surface area (Å²) in [6, 6.07) is 3.95. The molecule has 0 atom stereocenters. The summed E-state index contributed by atoms with van der Waals surface area (Å²) in [7, 11) is 0. The minimum absolute atomic E-state index is 0.210. The van der Waals surface area contributed by atoms with Gasteiger partial charge in [0.15, 0.2) is 0 Å². The first kappa shape index (κ1) is 12.4. The number of carbonyl (C=O) groups is 1. The molecule has 92 valence electrons. The van der Waals surface area contributed by atoms with E-state index in [1.165, 1.54) is 18.2 Å². The van der Waals surface area contributed by atoms with Gasteiger partial charge < -0.3 is 5.11 Å². The number of halogens is 2. The van der Waals surface area contributed by atoms with Gasteiger partial charge in [0.05, 0.1) is 5.41 Å². The van der Waals surface area contributed by atoms with Crippen LogP contribution in [-0.4, -0.2) is 11.1 Å². The van der Waals surface area contributed by atoms with Gasteiger partial charge in [0.2, 0.25) is 0 Å². The van der Waals surface area contributed by atoms with Crippen molar-refractivity contribution in [1.82, 2.24) is 0 Å². The number of hydrogen-bond acceptors (Lipinski definition) is 1. The van der Waals surface area contributed by atoms with Crippen LogP contribution in [0.15, 0.2) is 18.2 Å². The predicted molar refractivity (Wildman–Crippen MR) is 63.7 cm³/mol. The van der Waals surface area contributed by atoms with E-state index in [0.29, 0.717) is 24.3 Å². The van der Waals surface area contributed by atoms with Crippen LogP contribution in [0.4, 0.5) is 4.39 Å². The molecule has 0 radical (unpaired) electrons. The van der Waals surface area contributed by atoms with Gasteiger partial charge in [-0.05, 0) is 36.5 Å². The summed E-state index contributed by atoms with van der Waals surface area (Å²) in [5, 5.41) is 9.60. The van der Waals surface area contributed by atoms with E-state index in [1.54, 1.807) is 0 Å². The molecule has 17 heavy (non-hydrogen) atoms. The molecule has 1 aromatic carbocycles. The van der Waals surface area contributed by atoms with Crippen LogP contribution in [0, 0.1) is 11.7 Å². The second-order valence-electron chi connectivity index (χ2n) is 4.69. The van der Waals surface area contributed by atoms with Gasteiger partial charge in [-0.2, -0.15) is 0 Å². The number of carboxylic acid groups (broad SMARTS) is 1. The smallest absolute Gasteiger partial charge is 0.314 e. The Morgan fingerprint density at radius 1 is 1.59 bits per heavy atom. The van der Waals surface area contributed by atoms with Crippen LogP contribution in [-0.2, 0) is 10.2 Å². The van der Waals surface area contributed by atoms with E-state index >= 15 is 0 Å². The molecule has 0 aromatic heterocycles. The molecule has 0 amide bonds. The van der Waals surface area contributed by atoms with E-state index < -0.39 is 17.2 Å². The molecule has 1 N–H and O–H groups in total. The lowest BCUT2D eigenvalue weighted by molar-refractivity contribution is -0.149. The molecule has 1 saturated carbocycles. The second kappa shape index (κ2) is 4.30. The molecule has 1 aromatic rings. The van der Waals surface area contributed by atoms with Crippen LogP contribution >= 0.6 is 11.6 Å². The SMILES string of the molecule is CCC1CC(C(=O)O)(c2ccc(F)cc2Cl)C1. The Hall–Kier alpha value is -1.09. The van der Waals surface area contributed by atoms with Gasteiger partial charge in [-0.3, -0.25) is 4.79 Å². The third kappa shape index (κ3) is 1.93. The summed E-state index contributed by atoms with van der Waals surface area (Å²) < 4.78 is 13.0. The summed E-state index contributed by atoms with van der Waals surface area (Å²) in [5.74, 6) is -0.881. The second-order valence-corrected chi connectivity index (χ2v) is 5.10. The van der Waals surface area contributed by atoms with Crippen molar-refractivity contribution in [3.63, 3.8) is 0 Å². The summed E-state index contributed by atoms with van der Waals surface area (Å²) >= 11 is 5.96. The summed E-state index contributed by atoms with van der Waals surface area (Å²) in [6.45, 7) is 2.04. The van der Waals surface area contributed by atoms with E-state index in [0.717, 1.165) is 6.42 Å². The lowest BCUT2D eigenvalue weighted by Crippen LogP contribution is -2.47. The Labute approximate surface area is 104 Å². The van der Waals surface area contributed by atoms with Crippen molar-refractivity contribution in [1.29, 1.82) is 0 Å². The van der Waals surface area contributed by atoms with Crippen molar-refractivity contribution < 1.29 is 14.3 Å². The van der Waals surface area contributed by atoms with Crippen LogP contribution in [0.5, 0.6) is 0 Å². The molecule has 4 heteroatoms. The summed E-state index contributed by atoms with van der Waals surface area (Å²) in [6.07, 6.45) is 2.14. The summed E-state index contributed by atoms with van der Waals surface area (Å²) in [5.41, 5.74) is -0.372. The van der Waals surface area contributed by atoms with E-state index in [-0.39, 0.29) is 5.02 Å². The zero-order chi connectivity index (χ0) is 12.6. The molecule has 0 heterocycles. The van der Waals surface area contributed by atoms with Crippen LogP contribution in [0.2, 0.25) is 5.02 Å². The number of hydrogen-bond donors (Lipinski definition) is 1. The average Bonchev–Trinajstić information content (AvgIpc) is 2.19. The maximum Gasteiger partial charge on any atom is 0.314 e. The molecule has 0 bridgehead atoms. The van der Waals surface area contributed by atoms with Gasteiger partial charge in [0, 0.05) is 5.02 Å². The Morgan fingerprint density at radius 3 is 2.71 bits per heavy atom. The topological polar surface area (TPSA) is 37.3 Å². The first-order chi connectivity index (χ1) is 7.99. The van der Waals surface area contributed by atoms with Crippen LogP contribution in [0.3, 0.4) is 0 Å². The third-order valence-electron chi connectivity index (χ3n) is 3.71. The zero-order valence-electron chi connectivity index (χ0n) is 9.54. The first-order valence-corrected chi connectivity index (χ1v) is 6.06. The highest BCUT2D eigenvalue weighted by atomic mass is 35.5. The number of benzene rings is 1. The average molecular weight is 257 g/mol. The van der Waals surface area contributed by atoms with E-state index in [9.17, 15) is 14.3 Å². The maximum absolute atomic E-state index is 13.0. The van der Waals surface area contributed by atoms with Gasteiger partial charge >= 0.3 is 5.97 Å². The quantitative estimate of drug-likeness (QED) is 0.897. The third-order valence-corrected chi connectivity index (χ3v) is 4.02. The van der Waals surface area contributed by atoms with Gasteiger partial charge in [-0.15, -0.1) is 0 Å². The van der Waals surface area contributed by atoms with Crippen molar-refractivity contribution in [2.75, 3.05) is 0 Å². The minimum Gasteiger partial charge on any atom is -0.481 e. The monoisotopic (exact) mass is 256 g/mol. The van der Waals surface area contributed by atoms with E-state index in [4.69, 9.17) is 11.6 Å². The van der Waals surface area contributed by atoms with Crippen molar-refractivity contribution in [2.45, 2.75) is 31.6 Å². The molecule has 0 saturated heterocycles. The molecule has 1 fully saturated rings. The maximum atomic E-state index is 13.0. The number of carboxylic acids is 1. The fraction of sp³-hybridized carbons (Fsp3) is 0.462. The van der Waals surface area contributed by atoms with Gasteiger partial charge in [-0.25, -0.2) is 4.39 Å². The van der Waals surface area contributed by atoms with Gasteiger partial charge in [-0.1, -0.05) is 31.0 Å². The predicted octanol–water partition coefficient (Wildman–Crippen LogP) is 3.62. The number of rotatable bonds is 3. The largest absolute Gasteiger partial charge is 0.481 e. The lowest BCUT2D eigenvalue weighted by atomic mass is 9.58. The van der Waals surface area contributed by atoms with Gasteiger partial charge in [0.25, 0.3) is 0 Å². The molecule has 2 rings (SSSR count). The van der Waals surface area contributed by atoms with Crippen molar-refractivity contribution >= 4 is 17.6 Å². The molecular formula is C13H14ClFO2. The van der Waals surface area contributed by atoms with Crippen molar-refractivity contribution in [2.24, 2.45) is 5.92 Å². The Bertz CT molecular complexity index is 453. The highest BCUT2D eigenvalue weighted by Crippen LogP contribution is 2.51. The molecular weight excluding hydrogens is 243 g/mol. The highest BCUT2D eigenvalue weighted by molar-refractivity contribution is 6.31. The van der Waals surface area contributed by atoms with Crippen molar-refractivity contribution in [3.05, 3.63) is 34.6 Å². The fourth-order valence-corrected chi connectivity index (χ4v) is 2.95. The van der Waals surface area contributed by atoms with Crippen LogP contribution < -0.4 is 0 Å². The molecule has 0 unspecified atom stereocenters. The molecule has 2 nitrogen and oxygen atoms in total. The lowest BCUT2D eigenvalue weighted by Gasteiger charge is -2.45. The summed E-state index contributed by atoms with van der Waals surface area (Å²) in [4.78, 5) is 11.5. The highest BCUT2D eigenvalue weighted by Gasteiger charge is 2.51. The standard InChI is InChI=1S/C13H14ClFO2/c1-2-8-6-13(7-8,12(16)17)10-4-3-9(15)5-11(10)14/h3-5,8H,2,6-7H2,1H3,(H,16,17). The van der Waals surface area contributed by atoms with E-state index in [2.05, 4.69) is 0 Å². The van der Waals surface area contributed by atoms with Crippen LogP contribution in [0.1, 0.15) is 31.7 Å². The van der Waals surface area contributed by atoms with E-state index in [1.807, 2.05) is 6.92 Å². The molecule has 1 aliphatic rings. The Kier molecular flexibility index (Phi) is 3.13. The van der Waals surface area contributed by atoms with Crippen LogP contribution in [0.25, 0.3) is 0 Å². The minimum atomic E-state index is -0.911. The fourth-order valence-electron chi connectivity index (χ4n) is 2.60. The molecule has 0 spiro atoms. The van der Waals surface area contributed by atoms with Gasteiger partial charge in [0.1, 0.15) is 5.82 Å². The molecule has 1 aliphatic carbocycles. The normalized spacial score (nSPS) is 27.6. The van der Waals surface area contributed by atoms with Crippen molar-refractivity contribution in [3.8, 4) is 0 Å². The molecule has 0 aliphatic heterocycles.